The minimum Gasteiger partial charge on any atom is -0.304 e. The van der Waals surface area contributed by atoms with E-state index >= 15 is 0 Å². The number of hydrogen-bond acceptors (Lipinski definition) is 1. The van der Waals surface area contributed by atoms with E-state index in [1.165, 1.54) is 37.7 Å². The number of rotatable bonds is 1. The monoisotopic (exact) mass is 187 g/mol. The van der Waals surface area contributed by atoms with Crippen LogP contribution in [-0.4, -0.2) is 6.04 Å². The molecule has 1 aromatic carbocycles. The zero-order valence-electron chi connectivity index (χ0n) is 8.50. The molecule has 1 heteroatoms. The molecule has 3 aliphatic rings. The van der Waals surface area contributed by atoms with Gasteiger partial charge in [-0.3, -0.25) is 0 Å². The fourth-order valence-corrected chi connectivity index (χ4v) is 3.06. The molecule has 14 heavy (non-hydrogen) atoms. The van der Waals surface area contributed by atoms with Crippen molar-refractivity contribution in [2.24, 2.45) is 0 Å². The van der Waals surface area contributed by atoms with Crippen molar-refractivity contribution in [3.63, 3.8) is 0 Å². The van der Waals surface area contributed by atoms with E-state index in [9.17, 15) is 0 Å². The first-order chi connectivity index (χ1) is 6.89. The summed E-state index contributed by atoms with van der Waals surface area (Å²) in [5.41, 5.74) is 1.85. The molecule has 3 fully saturated rings. The molecular formula is C13H17N. The van der Waals surface area contributed by atoms with Gasteiger partial charge in [0.1, 0.15) is 0 Å². The third-order valence-corrected chi connectivity index (χ3v) is 3.81. The molecule has 2 saturated heterocycles. The van der Waals surface area contributed by atoms with Crippen LogP contribution in [-0.2, 0) is 5.54 Å². The van der Waals surface area contributed by atoms with E-state index < -0.39 is 0 Å². The lowest BCUT2D eigenvalue weighted by atomic mass is 9.75. The van der Waals surface area contributed by atoms with E-state index in [1.54, 1.807) is 0 Å². The minimum atomic E-state index is 0.350. The Morgan fingerprint density at radius 3 is 2.71 bits per heavy atom. The summed E-state index contributed by atoms with van der Waals surface area (Å²) in [5.74, 6) is 0. The van der Waals surface area contributed by atoms with Gasteiger partial charge in [-0.15, -0.1) is 0 Å². The van der Waals surface area contributed by atoms with Crippen molar-refractivity contribution in [1.82, 2.24) is 5.32 Å². The Hall–Kier alpha value is -0.820. The second-order valence-electron chi connectivity index (χ2n) is 4.74. The molecule has 0 aromatic heterocycles. The van der Waals surface area contributed by atoms with Crippen LogP contribution in [0.5, 0.6) is 0 Å². The molecule has 0 spiro atoms. The molecule has 2 heterocycles. The van der Waals surface area contributed by atoms with E-state index in [0.717, 1.165) is 6.04 Å². The zero-order valence-corrected chi connectivity index (χ0v) is 8.50. The molecule has 2 atom stereocenters. The van der Waals surface area contributed by atoms with Gasteiger partial charge in [-0.1, -0.05) is 43.2 Å². The molecule has 1 N–H and O–H groups in total. The van der Waals surface area contributed by atoms with Gasteiger partial charge >= 0.3 is 0 Å². The van der Waals surface area contributed by atoms with E-state index in [4.69, 9.17) is 0 Å². The van der Waals surface area contributed by atoms with Crippen molar-refractivity contribution >= 4 is 0 Å². The van der Waals surface area contributed by atoms with Crippen LogP contribution in [0.15, 0.2) is 30.3 Å². The molecule has 0 amide bonds. The average molecular weight is 187 g/mol. The van der Waals surface area contributed by atoms with Gasteiger partial charge in [-0.05, 0) is 24.8 Å². The lowest BCUT2D eigenvalue weighted by Gasteiger charge is -2.48. The predicted octanol–water partition coefficient (Wildman–Crippen LogP) is 2.82. The van der Waals surface area contributed by atoms with Crippen LogP contribution in [0.25, 0.3) is 0 Å². The maximum Gasteiger partial charge on any atom is 0.0451 e. The van der Waals surface area contributed by atoms with Crippen LogP contribution < -0.4 is 5.32 Å². The van der Waals surface area contributed by atoms with E-state index in [-0.39, 0.29) is 0 Å². The Morgan fingerprint density at radius 1 is 1.14 bits per heavy atom. The van der Waals surface area contributed by atoms with Crippen molar-refractivity contribution in [1.29, 1.82) is 0 Å². The third-order valence-electron chi connectivity index (χ3n) is 3.81. The van der Waals surface area contributed by atoms with Crippen LogP contribution in [0.3, 0.4) is 0 Å². The number of benzene rings is 1. The fourth-order valence-electron chi connectivity index (χ4n) is 3.06. The molecule has 1 aliphatic carbocycles. The lowest BCUT2D eigenvalue weighted by molar-refractivity contribution is 0.138. The summed E-state index contributed by atoms with van der Waals surface area (Å²) in [6.45, 7) is 0. The van der Waals surface area contributed by atoms with Crippen LogP contribution >= 0.6 is 0 Å². The van der Waals surface area contributed by atoms with Crippen LogP contribution in [0.1, 0.15) is 37.7 Å². The molecule has 2 bridgehead atoms. The molecule has 0 radical (unpaired) electrons. The highest BCUT2D eigenvalue weighted by Gasteiger charge is 2.45. The van der Waals surface area contributed by atoms with Crippen molar-refractivity contribution in [3.8, 4) is 0 Å². The Bertz CT molecular complexity index is 306. The van der Waals surface area contributed by atoms with Crippen LogP contribution in [0.4, 0.5) is 0 Å². The maximum atomic E-state index is 3.77. The molecule has 1 nitrogen and oxygen atoms in total. The highest BCUT2D eigenvalue weighted by molar-refractivity contribution is 5.28. The third kappa shape index (κ3) is 1.19. The smallest absolute Gasteiger partial charge is 0.0451 e. The normalized spacial score (nSPS) is 35.9. The number of fused-ring (bicyclic) bond motifs is 3. The zero-order chi connectivity index (χ0) is 9.43. The van der Waals surface area contributed by atoms with E-state index in [2.05, 4.69) is 35.6 Å². The molecule has 4 rings (SSSR count). The second-order valence-corrected chi connectivity index (χ2v) is 4.74. The summed E-state index contributed by atoms with van der Waals surface area (Å²) in [7, 11) is 0. The van der Waals surface area contributed by atoms with Gasteiger partial charge in [0.05, 0.1) is 0 Å². The first-order valence-corrected chi connectivity index (χ1v) is 5.72. The SMILES string of the molecule is c1ccc(C23CCCCC(C2)N3)cc1. The average Bonchev–Trinajstić information content (AvgIpc) is 2.51. The molecule has 1 aromatic rings. The Labute approximate surface area is 85.5 Å². The number of nitrogens with one attached hydrogen (secondary N) is 1. The molecular weight excluding hydrogens is 170 g/mol. The van der Waals surface area contributed by atoms with Gasteiger partial charge in [0, 0.05) is 11.6 Å². The summed E-state index contributed by atoms with van der Waals surface area (Å²) in [6, 6.07) is 11.8. The highest BCUT2D eigenvalue weighted by Crippen LogP contribution is 2.43. The van der Waals surface area contributed by atoms with E-state index in [1.807, 2.05) is 0 Å². The topological polar surface area (TPSA) is 12.0 Å². The first-order valence-electron chi connectivity index (χ1n) is 5.72. The molecule has 2 unspecified atom stereocenters. The predicted molar refractivity (Wildman–Crippen MR) is 58.1 cm³/mol. The quantitative estimate of drug-likeness (QED) is 0.713. The Morgan fingerprint density at radius 2 is 1.93 bits per heavy atom. The van der Waals surface area contributed by atoms with Crippen molar-refractivity contribution < 1.29 is 0 Å². The van der Waals surface area contributed by atoms with Crippen molar-refractivity contribution in [2.75, 3.05) is 0 Å². The Balaban J connectivity index is 1.91. The van der Waals surface area contributed by atoms with Crippen LogP contribution in [0, 0.1) is 0 Å². The van der Waals surface area contributed by atoms with Crippen LogP contribution in [0.2, 0.25) is 0 Å². The molecule has 1 saturated carbocycles. The second kappa shape index (κ2) is 3.09. The van der Waals surface area contributed by atoms with Gasteiger partial charge in [0.15, 0.2) is 0 Å². The van der Waals surface area contributed by atoms with Gasteiger partial charge < -0.3 is 5.32 Å². The minimum absolute atomic E-state index is 0.350. The van der Waals surface area contributed by atoms with E-state index in [0.29, 0.717) is 5.54 Å². The number of hydrogen-bond donors (Lipinski definition) is 1. The largest absolute Gasteiger partial charge is 0.304 e. The lowest BCUT2D eigenvalue weighted by Crippen LogP contribution is -2.59. The summed E-state index contributed by atoms with van der Waals surface area (Å²) in [4.78, 5) is 0. The summed E-state index contributed by atoms with van der Waals surface area (Å²) in [6.07, 6.45) is 6.86. The summed E-state index contributed by atoms with van der Waals surface area (Å²) >= 11 is 0. The standard InChI is InChI=1S/C13H17N/c1-2-6-11(7-3-1)13-9-5-4-8-12(10-13)14-13/h1-3,6-7,12,14H,4-5,8-10H2. The highest BCUT2D eigenvalue weighted by atomic mass is 15.1. The van der Waals surface area contributed by atoms with Crippen molar-refractivity contribution in [2.45, 2.75) is 43.7 Å². The molecule has 2 aliphatic heterocycles. The fraction of sp³-hybridized carbons (Fsp3) is 0.538. The van der Waals surface area contributed by atoms with Gasteiger partial charge in [0.25, 0.3) is 0 Å². The Kier molecular flexibility index (Phi) is 1.88. The molecule has 74 valence electrons. The first kappa shape index (κ1) is 8.49. The van der Waals surface area contributed by atoms with Gasteiger partial charge in [-0.25, -0.2) is 0 Å². The summed E-state index contributed by atoms with van der Waals surface area (Å²) in [5, 5.41) is 3.77. The maximum absolute atomic E-state index is 3.77. The van der Waals surface area contributed by atoms with Gasteiger partial charge in [-0.2, -0.15) is 0 Å². The van der Waals surface area contributed by atoms with Crippen molar-refractivity contribution in [3.05, 3.63) is 35.9 Å². The van der Waals surface area contributed by atoms with Gasteiger partial charge in [0.2, 0.25) is 0 Å². The summed E-state index contributed by atoms with van der Waals surface area (Å²) < 4.78 is 0.